The summed E-state index contributed by atoms with van der Waals surface area (Å²) in [6.07, 6.45) is -9.94. The fraction of sp³-hybridized carbons (Fsp3) is 1.00. The first-order valence-electron chi connectivity index (χ1n) is 5.81. The summed E-state index contributed by atoms with van der Waals surface area (Å²) in [5, 5.41) is 64.5. The molecule has 0 unspecified atom stereocenters. The summed E-state index contributed by atoms with van der Waals surface area (Å²) in [4.78, 5) is 0. The Morgan fingerprint density at radius 3 is 2.11 bits per heavy atom. The van der Waals surface area contributed by atoms with Gasteiger partial charge in [0.1, 0.15) is 36.6 Å². The van der Waals surface area contributed by atoms with Crippen LogP contribution in [-0.2, 0) is 9.47 Å². The minimum atomic E-state index is -1.57. The standard InChI is InChI=1S/C10H20O9/c11-1-4(13)5(14)3-18-10-9(17)8(16)7(15)6(2-12)19-10/h4-17H,1-3H2/t4-,5+,6-,7-,8+,9+,10-/m1/s1. The van der Waals surface area contributed by atoms with Gasteiger partial charge in [-0.1, -0.05) is 0 Å². The van der Waals surface area contributed by atoms with Crippen molar-refractivity contribution in [2.45, 2.75) is 42.9 Å². The van der Waals surface area contributed by atoms with Crippen molar-refractivity contribution >= 4 is 0 Å². The Balaban J connectivity index is 2.52. The van der Waals surface area contributed by atoms with Crippen LogP contribution >= 0.6 is 0 Å². The zero-order valence-electron chi connectivity index (χ0n) is 10.1. The maximum Gasteiger partial charge on any atom is 0.186 e. The van der Waals surface area contributed by atoms with Crippen molar-refractivity contribution in [1.82, 2.24) is 0 Å². The second kappa shape index (κ2) is 7.43. The van der Waals surface area contributed by atoms with Crippen LogP contribution in [0.3, 0.4) is 0 Å². The third-order valence-corrected chi connectivity index (χ3v) is 2.91. The Kier molecular flexibility index (Phi) is 6.53. The minimum absolute atomic E-state index is 0.468. The van der Waals surface area contributed by atoms with Crippen LogP contribution in [0, 0.1) is 0 Å². The van der Waals surface area contributed by atoms with Gasteiger partial charge in [-0.3, -0.25) is 0 Å². The van der Waals surface area contributed by atoms with E-state index in [0.717, 1.165) is 0 Å². The van der Waals surface area contributed by atoms with Gasteiger partial charge in [-0.25, -0.2) is 0 Å². The molecule has 0 spiro atoms. The molecule has 7 N–H and O–H groups in total. The average Bonchev–Trinajstić information content (AvgIpc) is 2.42. The van der Waals surface area contributed by atoms with Crippen molar-refractivity contribution in [3.05, 3.63) is 0 Å². The molecule has 1 fully saturated rings. The molecule has 0 saturated carbocycles. The van der Waals surface area contributed by atoms with Crippen molar-refractivity contribution in [1.29, 1.82) is 0 Å². The van der Waals surface area contributed by atoms with E-state index < -0.39 is 62.7 Å². The molecule has 9 nitrogen and oxygen atoms in total. The van der Waals surface area contributed by atoms with E-state index in [4.69, 9.17) is 24.8 Å². The average molecular weight is 284 g/mol. The number of hydrogen-bond donors (Lipinski definition) is 7. The van der Waals surface area contributed by atoms with Crippen LogP contribution < -0.4 is 0 Å². The molecule has 1 saturated heterocycles. The van der Waals surface area contributed by atoms with Crippen LogP contribution in [0.2, 0.25) is 0 Å². The summed E-state index contributed by atoms with van der Waals surface area (Å²) in [5.41, 5.74) is 0. The van der Waals surface area contributed by atoms with E-state index in [1.165, 1.54) is 0 Å². The summed E-state index contributed by atoms with van der Waals surface area (Å²) in [7, 11) is 0. The first kappa shape index (κ1) is 16.7. The highest BCUT2D eigenvalue weighted by molar-refractivity contribution is 4.89. The Morgan fingerprint density at radius 1 is 0.947 bits per heavy atom. The molecule has 0 aliphatic carbocycles. The maximum absolute atomic E-state index is 9.59. The van der Waals surface area contributed by atoms with Crippen LogP contribution in [0.15, 0.2) is 0 Å². The third kappa shape index (κ3) is 4.05. The minimum Gasteiger partial charge on any atom is -0.394 e. The Morgan fingerprint density at radius 2 is 1.58 bits per heavy atom. The molecule has 9 heteroatoms. The Labute approximate surface area is 109 Å². The van der Waals surface area contributed by atoms with Crippen LogP contribution in [0.4, 0.5) is 0 Å². The molecule has 1 aliphatic heterocycles. The van der Waals surface area contributed by atoms with Gasteiger partial charge < -0.3 is 45.2 Å². The lowest BCUT2D eigenvalue weighted by Gasteiger charge is -2.39. The molecule has 0 aromatic heterocycles. The van der Waals surface area contributed by atoms with Gasteiger partial charge in [-0.2, -0.15) is 0 Å². The lowest BCUT2D eigenvalue weighted by molar-refractivity contribution is -0.306. The largest absolute Gasteiger partial charge is 0.394 e. The van der Waals surface area contributed by atoms with E-state index >= 15 is 0 Å². The molecule has 0 aromatic carbocycles. The van der Waals surface area contributed by atoms with E-state index in [0.29, 0.717) is 0 Å². The van der Waals surface area contributed by atoms with Gasteiger partial charge in [0.2, 0.25) is 0 Å². The lowest BCUT2D eigenvalue weighted by atomic mass is 9.99. The number of hydrogen-bond acceptors (Lipinski definition) is 9. The zero-order valence-corrected chi connectivity index (χ0v) is 10.1. The van der Waals surface area contributed by atoms with Crippen molar-refractivity contribution in [2.24, 2.45) is 0 Å². The second-order valence-corrected chi connectivity index (χ2v) is 4.35. The SMILES string of the molecule is OC[C@@H](O)[C@@H](O)CO[C@@H]1O[C@H](CO)[C@@H](O)[C@H](O)[C@@H]1O. The van der Waals surface area contributed by atoms with Gasteiger partial charge >= 0.3 is 0 Å². The molecule has 0 radical (unpaired) electrons. The number of aliphatic hydroxyl groups is 7. The van der Waals surface area contributed by atoms with Gasteiger partial charge in [-0.15, -0.1) is 0 Å². The smallest absolute Gasteiger partial charge is 0.186 e. The number of ether oxygens (including phenoxy) is 2. The number of rotatable bonds is 6. The quantitative estimate of drug-likeness (QED) is 0.255. The molecule has 1 rings (SSSR count). The van der Waals surface area contributed by atoms with Crippen LogP contribution in [-0.4, -0.2) is 98.5 Å². The topological polar surface area (TPSA) is 160 Å². The molecule has 1 aliphatic rings. The van der Waals surface area contributed by atoms with Crippen LogP contribution in [0.5, 0.6) is 0 Å². The number of aliphatic hydroxyl groups excluding tert-OH is 7. The van der Waals surface area contributed by atoms with Gasteiger partial charge in [0.05, 0.1) is 19.8 Å². The highest BCUT2D eigenvalue weighted by Gasteiger charge is 2.44. The van der Waals surface area contributed by atoms with Crippen molar-refractivity contribution in [2.75, 3.05) is 19.8 Å². The van der Waals surface area contributed by atoms with E-state index in [1.807, 2.05) is 0 Å². The molecule has 7 atom stereocenters. The molecule has 114 valence electrons. The Bertz CT molecular complexity index is 261. The molecule has 0 bridgehead atoms. The molecule has 0 aromatic rings. The summed E-state index contributed by atoms with van der Waals surface area (Å²) >= 11 is 0. The Hall–Kier alpha value is -0.360. The van der Waals surface area contributed by atoms with Gasteiger partial charge in [0, 0.05) is 0 Å². The lowest BCUT2D eigenvalue weighted by Crippen LogP contribution is -2.59. The predicted octanol–water partition coefficient (Wildman–Crippen LogP) is -4.48. The fourth-order valence-electron chi connectivity index (χ4n) is 1.63. The zero-order chi connectivity index (χ0) is 14.6. The summed E-state index contributed by atoms with van der Waals surface area (Å²) < 4.78 is 9.96. The van der Waals surface area contributed by atoms with Crippen molar-refractivity contribution < 1.29 is 45.2 Å². The summed E-state index contributed by atoms with van der Waals surface area (Å²) in [6.45, 7) is -1.73. The van der Waals surface area contributed by atoms with Gasteiger partial charge in [0.25, 0.3) is 0 Å². The first-order valence-corrected chi connectivity index (χ1v) is 5.81. The van der Waals surface area contributed by atoms with E-state index in [2.05, 4.69) is 0 Å². The summed E-state index contributed by atoms with van der Waals surface area (Å²) in [5.74, 6) is 0. The fourth-order valence-corrected chi connectivity index (χ4v) is 1.63. The summed E-state index contributed by atoms with van der Waals surface area (Å²) in [6, 6.07) is 0. The first-order chi connectivity index (χ1) is 8.92. The van der Waals surface area contributed by atoms with Gasteiger partial charge in [-0.05, 0) is 0 Å². The van der Waals surface area contributed by atoms with Crippen molar-refractivity contribution in [3.8, 4) is 0 Å². The monoisotopic (exact) mass is 284 g/mol. The molecular weight excluding hydrogens is 264 g/mol. The van der Waals surface area contributed by atoms with E-state index in [1.54, 1.807) is 0 Å². The van der Waals surface area contributed by atoms with Gasteiger partial charge in [0.15, 0.2) is 6.29 Å². The third-order valence-electron chi connectivity index (χ3n) is 2.91. The predicted molar refractivity (Wildman–Crippen MR) is 58.8 cm³/mol. The highest BCUT2D eigenvalue weighted by Crippen LogP contribution is 2.22. The maximum atomic E-state index is 9.59. The second-order valence-electron chi connectivity index (χ2n) is 4.35. The normalized spacial score (nSPS) is 39.0. The van der Waals surface area contributed by atoms with E-state index in [9.17, 15) is 20.4 Å². The molecule has 0 amide bonds. The van der Waals surface area contributed by atoms with Crippen LogP contribution in [0.1, 0.15) is 0 Å². The van der Waals surface area contributed by atoms with E-state index in [-0.39, 0.29) is 0 Å². The molecular formula is C10H20O9. The molecule has 1 heterocycles. The van der Waals surface area contributed by atoms with Crippen molar-refractivity contribution in [3.63, 3.8) is 0 Å². The molecule has 19 heavy (non-hydrogen) atoms. The van der Waals surface area contributed by atoms with Crippen LogP contribution in [0.25, 0.3) is 0 Å². The highest BCUT2D eigenvalue weighted by atomic mass is 16.7.